The van der Waals surface area contributed by atoms with Crippen molar-refractivity contribution in [1.82, 2.24) is 10.2 Å². The monoisotopic (exact) mass is 250 g/mol. The molecule has 3 aliphatic carbocycles. The molecule has 0 unspecified atom stereocenters. The van der Waals surface area contributed by atoms with E-state index in [1.165, 1.54) is 0 Å². The molecule has 0 aliphatic heterocycles. The molecule has 0 atom stereocenters. The van der Waals surface area contributed by atoms with E-state index in [1.807, 2.05) is 0 Å². The average molecular weight is 251 g/mol. The van der Waals surface area contributed by atoms with Gasteiger partial charge in [0.15, 0.2) is 16.7 Å². The van der Waals surface area contributed by atoms with Crippen LogP contribution in [0.15, 0.2) is 6.07 Å². The van der Waals surface area contributed by atoms with E-state index in [1.54, 1.807) is 6.07 Å². The second kappa shape index (κ2) is 3.23. The maximum absolute atomic E-state index is 8.92. The van der Waals surface area contributed by atoms with Crippen LogP contribution in [0, 0.1) is 22.2 Å². The van der Waals surface area contributed by atoms with Crippen molar-refractivity contribution in [3.63, 3.8) is 0 Å². The van der Waals surface area contributed by atoms with Gasteiger partial charge in [-0.3, -0.25) is 0 Å². The van der Waals surface area contributed by atoms with Gasteiger partial charge >= 0.3 is 0 Å². The Labute approximate surface area is 104 Å². The molecule has 3 aliphatic rings. The van der Waals surface area contributed by atoms with Gasteiger partial charge in [0, 0.05) is 11.5 Å². The van der Waals surface area contributed by atoms with Crippen molar-refractivity contribution in [3.05, 3.63) is 11.2 Å². The number of hydrogen-bond acceptors (Lipinski definition) is 5. The number of nitrogen functional groups attached to an aromatic ring is 1. The summed E-state index contributed by atoms with van der Waals surface area (Å²) in [5.74, 6) is 0.719. The second-order valence-corrected chi connectivity index (χ2v) is 5.51. The fourth-order valence-electron chi connectivity index (χ4n) is 2.98. The van der Waals surface area contributed by atoms with Gasteiger partial charge in [-0.1, -0.05) is 11.6 Å². The number of hydrogen-bond donors (Lipinski definition) is 1. The molecule has 1 aromatic rings. The fourth-order valence-corrected chi connectivity index (χ4v) is 3.12. The van der Waals surface area contributed by atoms with Gasteiger partial charge in [0.05, 0.1) is 18.1 Å². The summed E-state index contributed by atoms with van der Waals surface area (Å²) in [4.78, 5) is 0. The number of halogens is 1. The van der Waals surface area contributed by atoms with E-state index in [9.17, 15) is 0 Å². The van der Waals surface area contributed by atoms with Crippen LogP contribution in [0.5, 0.6) is 5.75 Å². The smallest absolute Gasteiger partial charge is 0.188 e. The minimum absolute atomic E-state index is 0.0525. The Kier molecular flexibility index (Phi) is 2.02. The summed E-state index contributed by atoms with van der Waals surface area (Å²) in [7, 11) is 0. The largest absolute Gasteiger partial charge is 0.489 e. The second-order valence-electron chi connectivity index (χ2n) is 5.13. The van der Waals surface area contributed by atoms with E-state index < -0.39 is 0 Å². The topological polar surface area (TPSA) is 84.8 Å². The Bertz CT molecular complexity index is 505. The SMILES string of the molecule is N#CC12CC(COc3cc(Cl)nnc3N)(C1)C2. The number of anilines is 1. The number of nitrogens with two attached hydrogens (primary N) is 1. The molecular weight excluding hydrogens is 240 g/mol. The van der Waals surface area contributed by atoms with Crippen molar-refractivity contribution in [3.8, 4) is 11.8 Å². The molecule has 0 radical (unpaired) electrons. The standard InChI is InChI=1S/C11H11ClN4O/c12-8-1-7(9(14)16-15-8)17-6-11-2-10(3-11,4-11)5-13/h1H,2-4,6H2,(H2,14,16). The molecule has 88 valence electrons. The van der Waals surface area contributed by atoms with Crippen molar-refractivity contribution < 1.29 is 4.74 Å². The Morgan fingerprint density at radius 1 is 1.47 bits per heavy atom. The number of nitrogens with zero attached hydrogens (tertiary/aromatic N) is 3. The first kappa shape index (κ1) is 10.6. The maximum atomic E-state index is 8.92. The minimum Gasteiger partial charge on any atom is -0.489 e. The molecule has 0 spiro atoms. The zero-order chi connectivity index (χ0) is 12.1. The van der Waals surface area contributed by atoms with Crippen LogP contribution in [0.25, 0.3) is 0 Å². The van der Waals surface area contributed by atoms with Crippen LogP contribution in [0.4, 0.5) is 5.82 Å². The molecule has 3 saturated carbocycles. The quantitative estimate of drug-likeness (QED) is 0.884. The third-order valence-electron chi connectivity index (χ3n) is 3.67. The first-order valence-electron chi connectivity index (χ1n) is 5.39. The lowest BCUT2D eigenvalue weighted by atomic mass is 9.36. The summed E-state index contributed by atoms with van der Waals surface area (Å²) >= 11 is 5.72. The van der Waals surface area contributed by atoms with Crippen molar-refractivity contribution in [2.24, 2.45) is 10.8 Å². The molecule has 2 N–H and O–H groups in total. The molecule has 3 fully saturated rings. The van der Waals surface area contributed by atoms with Gasteiger partial charge in [0.25, 0.3) is 0 Å². The molecule has 5 nitrogen and oxygen atoms in total. The Balaban J connectivity index is 1.63. The van der Waals surface area contributed by atoms with E-state index in [4.69, 9.17) is 27.3 Å². The van der Waals surface area contributed by atoms with E-state index >= 15 is 0 Å². The van der Waals surface area contributed by atoms with E-state index in [0.29, 0.717) is 12.4 Å². The van der Waals surface area contributed by atoms with Gasteiger partial charge in [-0.2, -0.15) is 5.26 Å². The van der Waals surface area contributed by atoms with Gasteiger partial charge in [0.2, 0.25) is 0 Å². The average Bonchev–Trinajstić information content (AvgIpc) is 2.19. The van der Waals surface area contributed by atoms with Crippen LogP contribution >= 0.6 is 11.6 Å². The van der Waals surface area contributed by atoms with Crippen LogP contribution in [0.2, 0.25) is 5.15 Å². The predicted molar refractivity (Wildman–Crippen MR) is 61.3 cm³/mol. The number of aromatic nitrogens is 2. The molecule has 0 aromatic carbocycles. The summed E-state index contributed by atoms with van der Waals surface area (Å²) in [6, 6.07) is 3.93. The summed E-state index contributed by atoms with van der Waals surface area (Å²) in [6.45, 7) is 0.572. The van der Waals surface area contributed by atoms with Crippen LogP contribution in [0.1, 0.15) is 19.3 Å². The highest BCUT2D eigenvalue weighted by atomic mass is 35.5. The fraction of sp³-hybridized carbons (Fsp3) is 0.545. The minimum atomic E-state index is -0.0525. The van der Waals surface area contributed by atoms with Crippen LogP contribution in [0.3, 0.4) is 0 Å². The number of rotatable bonds is 3. The normalized spacial score (nSPS) is 33.2. The van der Waals surface area contributed by atoms with Gasteiger partial charge in [-0.25, -0.2) is 0 Å². The van der Waals surface area contributed by atoms with Gasteiger partial charge in [-0.05, 0) is 19.3 Å². The highest BCUT2D eigenvalue weighted by molar-refractivity contribution is 6.29. The maximum Gasteiger partial charge on any atom is 0.188 e. The zero-order valence-corrected chi connectivity index (χ0v) is 9.87. The Morgan fingerprint density at radius 2 is 2.18 bits per heavy atom. The Hall–Kier alpha value is -1.54. The van der Waals surface area contributed by atoms with E-state index in [-0.39, 0.29) is 21.8 Å². The third kappa shape index (κ3) is 1.52. The third-order valence-corrected chi connectivity index (χ3v) is 3.85. The van der Waals surface area contributed by atoms with Crippen molar-refractivity contribution in [2.75, 3.05) is 12.3 Å². The van der Waals surface area contributed by atoms with Crippen molar-refractivity contribution in [1.29, 1.82) is 5.26 Å². The molecule has 4 rings (SSSR count). The molecule has 2 bridgehead atoms. The first-order valence-corrected chi connectivity index (χ1v) is 5.77. The predicted octanol–water partition coefficient (Wildman–Crippen LogP) is 1.78. The Morgan fingerprint density at radius 3 is 2.82 bits per heavy atom. The molecule has 0 saturated heterocycles. The highest BCUT2D eigenvalue weighted by Crippen LogP contribution is 2.72. The molecule has 17 heavy (non-hydrogen) atoms. The van der Waals surface area contributed by atoms with Crippen molar-refractivity contribution >= 4 is 17.4 Å². The lowest BCUT2D eigenvalue weighted by Gasteiger charge is -2.66. The van der Waals surface area contributed by atoms with Crippen molar-refractivity contribution in [2.45, 2.75) is 19.3 Å². The highest BCUT2D eigenvalue weighted by Gasteiger charge is 2.68. The van der Waals surface area contributed by atoms with Crippen LogP contribution in [-0.4, -0.2) is 16.8 Å². The van der Waals surface area contributed by atoms with Crippen LogP contribution < -0.4 is 10.5 Å². The van der Waals surface area contributed by atoms with Crippen LogP contribution in [-0.2, 0) is 0 Å². The number of nitriles is 1. The summed E-state index contributed by atoms with van der Waals surface area (Å²) in [5.41, 5.74) is 5.76. The van der Waals surface area contributed by atoms with Gasteiger partial charge in [0.1, 0.15) is 0 Å². The lowest BCUT2D eigenvalue weighted by Crippen LogP contribution is -2.63. The number of ether oxygens (including phenoxy) is 1. The first-order chi connectivity index (χ1) is 8.06. The lowest BCUT2D eigenvalue weighted by molar-refractivity contribution is -0.181. The molecule has 1 heterocycles. The molecule has 1 aromatic heterocycles. The zero-order valence-electron chi connectivity index (χ0n) is 9.11. The molecule has 0 amide bonds. The van der Waals surface area contributed by atoms with E-state index in [2.05, 4.69) is 16.3 Å². The summed E-state index contributed by atoms with van der Waals surface area (Å²) in [6.07, 6.45) is 2.80. The molecule has 6 heteroatoms. The summed E-state index contributed by atoms with van der Waals surface area (Å²) in [5, 5.41) is 16.5. The van der Waals surface area contributed by atoms with Gasteiger partial charge < -0.3 is 10.5 Å². The summed E-state index contributed by atoms with van der Waals surface area (Å²) < 4.78 is 5.63. The van der Waals surface area contributed by atoms with Gasteiger partial charge in [-0.15, -0.1) is 10.2 Å². The molecular formula is C11H11ClN4O. The van der Waals surface area contributed by atoms with E-state index in [0.717, 1.165) is 19.3 Å².